The largest absolute Gasteiger partial charge is 0.470 e. The van der Waals surface area contributed by atoms with E-state index in [0.29, 0.717) is 6.42 Å². The van der Waals surface area contributed by atoms with Crippen molar-refractivity contribution in [1.29, 1.82) is 0 Å². The molecular formula is C11H25O15P3. The highest BCUT2D eigenvalue weighted by atomic mass is 31.2. The average Bonchev–Trinajstić information content (AvgIpc) is 2.49. The molecular weight excluding hydrogens is 465 g/mol. The van der Waals surface area contributed by atoms with Crippen LogP contribution in [0.1, 0.15) is 28.1 Å². The van der Waals surface area contributed by atoms with Crippen LogP contribution in [-0.4, -0.2) is 77.9 Å². The molecule has 0 aromatic rings. The number of hydrogen-bond donors (Lipinski definition) is 7. The highest BCUT2D eigenvalue weighted by molar-refractivity contribution is 7.47. The molecule has 29 heavy (non-hydrogen) atoms. The van der Waals surface area contributed by atoms with E-state index in [-0.39, 0.29) is 6.42 Å². The third-order valence-corrected chi connectivity index (χ3v) is 5.00. The minimum Gasteiger partial charge on any atom is -0.379 e. The summed E-state index contributed by atoms with van der Waals surface area (Å²) in [5.74, 6) is -2.70. The summed E-state index contributed by atoms with van der Waals surface area (Å²) in [6.45, 7) is 0.761. The zero-order valence-electron chi connectivity index (χ0n) is 16.2. The van der Waals surface area contributed by atoms with E-state index < -0.39 is 66.9 Å². The highest BCUT2D eigenvalue weighted by Gasteiger charge is 2.58. The Balaban J connectivity index is 3.37. The first-order chi connectivity index (χ1) is 13.3. The molecule has 2 unspecified atom stereocenters. The van der Waals surface area contributed by atoms with Crippen molar-refractivity contribution < 1.29 is 72.6 Å². The summed E-state index contributed by atoms with van der Waals surface area (Å²) in [5.41, 5.74) is 0. The second kappa shape index (κ2) is 10.2. The topological polar surface area (TPSA) is 239 Å². The quantitative estimate of drug-likeness (QED) is 0.178. The Morgan fingerprint density at radius 1 is 0.966 bits per heavy atom. The lowest BCUT2D eigenvalue weighted by Crippen LogP contribution is -2.65. The molecule has 0 amide bonds. The zero-order valence-corrected chi connectivity index (χ0v) is 17.9. The van der Waals surface area contributed by atoms with Gasteiger partial charge in [0.05, 0.1) is 7.98 Å². The molecule has 6 atom stereocenters. The SMILES string of the molecule is [2H]C(CCC)OC[C@H]1OC(C)(O)[C@H](OP(=O)(O)O)[C@@H](OP(=O)(O)O)[C@H]1OP(=O)(O)O. The number of aliphatic hydroxyl groups is 1. The summed E-state index contributed by atoms with van der Waals surface area (Å²) in [7, 11) is -16.3. The maximum absolute atomic E-state index is 11.4. The zero-order chi connectivity index (χ0) is 23.5. The first-order valence-corrected chi connectivity index (χ1v) is 12.6. The maximum atomic E-state index is 11.4. The molecule has 1 aliphatic heterocycles. The Kier molecular flexibility index (Phi) is 8.97. The van der Waals surface area contributed by atoms with E-state index in [1.54, 1.807) is 6.92 Å². The van der Waals surface area contributed by atoms with Gasteiger partial charge in [0.2, 0.25) is 0 Å². The van der Waals surface area contributed by atoms with Crippen molar-refractivity contribution in [3.8, 4) is 0 Å². The summed E-state index contributed by atoms with van der Waals surface area (Å²) >= 11 is 0. The van der Waals surface area contributed by atoms with Gasteiger partial charge in [-0.1, -0.05) is 13.3 Å². The van der Waals surface area contributed by atoms with Crippen LogP contribution in [0.2, 0.25) is 0 Å². The minimum atomic E-state index is -5.48. The number of phosphoric acid groups is 3. The van der Waals surface area contributed by atoms with Crippen LogP contribution in [0.15, 0.2) is 0 Å². The number of rotatable bonds is 11. The van der Waals surface area contributed by atoms with E-state index in [1.165, 1.54) is 0 Å². The first kappa shape index (κ1) is 25.5. The first-order valence-electron chi connectivity index (χ1n) is 8.58. The van der Waals surface area contributed by atoms with Crippen molar-refractivity contribution in [2.24, 2.45) is 0 Å². The van der Waals surface area contributed by atoms with Gasteiger partial charge in [-0.05, 0) is 13.3 Å². The summed E-state index contributed by atoms with van der Waals surface area (Å²) in [6.07, 6.45) is -7.78. The lowest BCUT2D eigenvalue weighted by molar-refractivity contribution is -0.334. The van der Waals surface area contributed by atoms with E-state index in [4.69, 9.17) is 40.2 Å². The van der Waals surface area contributed by atoms with Gasteiger partial charge >= 0.3 is 23.5 Å². The van der Waals surface area contributed by atoms with Gasteiger partial charge in [-0.25, -0.2) is 13.7 Å². The molecule has 174 valence electrons. The Labute approximate surface area is 167 Å². The van der Waals surface area contributed by atoms with E-state index in [9.17, 15) is 18.8 Å². The van der Waals surface area contributed by atoms with E-state index in [2.05, 4.69) is 13.6 Å². The second-order valence-corrected chi connectivity index (χ2v) is 9.71. The van der Waals surface area contributed by atoms with Gasteiger partial charge in [0, 0.05) is 6.58 Å². The summed E-state index contributed by atoms with van der Waals surface area (Å²) in [6, 6.07) is 0. The molecule has 1 fully saturated rings. The Hall–Kier alpha value is 0.210. The predicted octanol–water partition coefficient (Wildman–Crippen LogP) is -0.656. The lowest BCUT2D eigenvalue weighted by Gasteiger charge is -2.48. The number of hydrogen-bond acceptors (Lipinski definition) is 9. The highest BCUT2D eigenvalue weighted by Crippen LogP contribution is 2.51. The smallest absolute Gasteiger partial charge is 0.379 e. The molecule has 1 rings (SSSR count). The predicted molar refractivity (Wildman–Crippen MR) is 92.0 cm³/mol. The van der Waals surface area contributed by atoms with Crippen molar-refractivity contribution in [2.75, 3.05) is 13.2 Å². The van der Waals surface area contributed by atoms with E-state index >= 15 is 0 Å². The van der Waals surface area contributed by atoms with Crippen LogP contribution in [0.25, 0.3) is 0 Å². The third-order valence-electron chi connectivity index (χ3n) is 3.46. The summed E-state index contributed by atoms with van der Waals surface area (Å²) in [5, 5.41) is 10.4. The molecule has 18 heteroatoms. The van der Waals surface area contributed by atoms with Crippen molar-refractivity contribution in [2.45, 2.75) is 56.9 Å². The van der Waals surface area contributed by atoms with Crippen LogP contribution in [0.5, 0.6) is 0 Å². The molecule has 0 bridgehead atoms. The Bertz CT molecular complexity index is 700. The van der Waals surface area contributed by atoms with Crippen LogP contribution in [0.3, 0.4) is 0 Å². The fourth-order valence-corrected chi connectivity index (χ4v) is 4.22. The molecule has 15 nitrogen and oxygen atoms in total. The molecule has 1 saturated heterocycles. The average molecular weight is 491 g/mol. The molecule has 0 aromatic heterocycles. The van der Waals surface area contributed by atoms with Crippen LogP contribution in [0.4, 0.5) is 0 Å². The maximum Gasteiger partial charge on any atom is 0.470 e. The minimum absolute atomic E-state index is 0.249. The monoisotopic (exact) mass is 491 g/mol. The normalized spacial score (nSPS) is 33.3. The van der Waals surface area contributed by atoms with E-state index in [1.807, 2.05) is 0 Å². The van der Waals surface area contributed by atoms with Crippen LogP contribution in [-0.2, 0) is 36.7 Å². The molecule has 0 spiro atoms. The lowest BCUT2D eigenvalue weighted by atomic mass is 9.93. The number of phosphoric ester groups is 3. The molecule has 0 aliphatic carbocycles. The van der Waals surface area contributed by atoms with Gasteiger partial charge < -0.3 is 43.9 Å². The van der Waals surface area contributed by atoms with Crippen LogP contribution in [0, 0.1) is 0 Å². The third kappa shape index (κ3) is 9.92. The molecule has 0 aromatic carbocycles. The Morgan fingerprint density at radius 2 is 1.45 bits per heavy atom. The van der Waals surface area contributed by atoms with Gasteiger partial charge in [0.25, 0.3) is 0 Å². The second-order valence-electron chi connectivity index (χ2n) is 6.14. The van der Waals surface area contributed by atoms with Crippen LogP contribution < -0.4 is 0 Å². The summed E-state index contributed by atoms with van der Waals surface area (Å²) < 4.78 is 65.2. The van der Waals surface area contributed by atoms with Gasteiger partial charge in [-0.15, -0.1) is 0 Å². The number of ether oxygens (including phenoxy) is 2. The molecule has 0 radical (unpaired) electrons. The fourth-order valence-electron chi connectivity index (χ4n) is 2.49. The van der Waals surface area contributed by atoms with Crippen molar-refractivity contribution in [3.63, 3.8) is 0 Å². The fraction of sp³-hybridized carbons (Fsp3) is 1.00. The van der Waals surface area contributed by atoms with Gasteiger partial charge in [0.15, 0.2) is 11.9 Å². The van der Waals surface area contributed by atoms with Gasteiger partial charge in [-0.3, -0.25) is 13.6 Å². The van der Waals surface area contributed by atoms with Gasteiger partial charge in [-0.2, -0.15) is 0 Å². The molecule has 1 heterocycles. The molecule has 7 N–H and O–H groups in total. The standard InChI is InChI=1S/C11H25O15P3/c1-3-4-5-22-6-7-8(24-27(13,14)15)9(25-28(16,17)18)10(11(2,12)23-7)26-29(19,20)21/h7-10,12H,3-6H2,1-2H3,(H2,13,14,15)(H2,16,17,18)(H2,19,20,21)/t7-,8+,9+,10-,11?/m1/s1/i5D/t5?,7-,8+,9+,10-,11?. The van der Waals surface area contributed by atoms with E-state index in [0.717, 1.165) is 6.92 Å². The van der Waals surface area contributed by atoms with Crippen molar-refractivity contribution >= 4 is 23.5 Å². The van der Waals surface area contributed by atoms with Crippen molar-refractivity contribution in [3.05, 3.63) is 0 Å². The molecule has 0 saturated carbocycles. The van der Waals surface area contributed by atoms with Gasteiger partial charge in [0.1, 0.15) is 18.3 Å². The van der Waals surface area contributed by atoms with Crippen molar-refractivity contribution in [1.82, 2.24) is 0 Å². The van der Waals surface area contributed by atoms with Crippen LogP contribution >= 0.6 is 23.5 Å². The summed E-state index contributed by atoms with van der Waals surface area (Å²) in [4.78, 5) is 54.8. The Morgan fingerprint density at radius 3 is 1.90 bits per heavy atom. The molecule has 1 aliphatic rings.